The molecule has 5 nitrogen and oxygen atoms in total. The number of carbonyl (C=O) groups is 2. The molecule has 0 heterocycles. The lowest BCUT2D eigenvalue weighted by molar-refractivity contribution is -0.115. The van der Waals surface area contributed by atoms with Crippen molar-refractivity contribution in [1.82, 2.24) is 10.6 Å². The molecule has 0 fully saturated rings. The van der Waals surface area contributed by atoms with Crippen molar-refractivity contribution in [3.63, 3.8) is 0 Å². The Morgan fingerprint density at radius 2 is 1.69 bits per heavy atom. The van der Waals surface area contributed by atoms with E-state index in [1.54, 1.807) is 12.1 Å². The number of benzene rings is 2. The van der Waals surface area contributed by atoms with Crippen molar-refractivity contribution in [3.8, 4) is 0 Å². The van der Waals surface area contributed by atoms with Crippen LogP contribution in [0.3, 0.4) is 0 Å². The van der Waals surface area contributed by atoms with Crippen LogP contribution in [0, 0.1) is 5.82 Å². The zero-order valence-corrected chi connectivity index (χ0v) is 14.3. The molecule has 3 N–H and O–H groups in total. The zero-order chi connectivity index (χ0) is 18.9. The van der Waals surface area contributed by atoms with E-state index < -0.39 is 17.7 Å². The number of rotatable bonds is 7. The van der Waals surface area contributed by atoms with Crippen LogP contribution in [0.15, 0.2) is 53.4 Å². The van der Waals surface area contributed by atoms with Gasteiger partial charge in [0.15, 0.2) is 0 Å². The minimum Gasteiger partial charge on any atom is -0.334 e. The van der Waals surface area contributed by atoms with E-state index in [1.165, 1.54) is 36.4 Å². The van der Waals surface area contributed by atoms with Crippen molar-refractivity contribution in [2.75, 3.05) is 11.9 Å². The lowest BCUT2D eigenvalue weighted by Gasteiger charge is -2.11. The summed E-state index contributed by atoms with van der Waals surface area (Å²) >= 11 is 0.324. The number of amides is 3. The number of carbonyl (C=O) groups excluding carboxylic acids is 2. The number of hydrogen-bond acceptors (Lipinski definition) is 3. The molecule has 0 radical (unpaired) electrons. The number of para-hydroxylation sites is 1. The Hall–Kier alpha value is -2.68. The van der Waals surface area contributed by atoms with Gasteiger partial charge in [0, 0.05) is 11.4 Å². The third kappa shape index (κ3) is 6.67. The van der Waals surface area contributed by atoms with Crippen molar-refractivity contribution >= 4 is 29.4 Å². The fraction of sp³-hybridized carbons (Fsp3) is 0.176. The summed E-state index contributed by atoms with van der Waals surface area (Å²) in [5.41, 5.74) is 0.945. The van der Waals surface area contributed by atoms with Crippen LogP contribution in [0.2, 0.25) is 0 Å². The molecule has 0 aromatic heterocycles. The van der Waals surface area contributed by atoms with Crippen molar-refractivity contribution in [2.45, 2.75) is 17.2 Å². The first kappa shape index (κ1) is 19.6. The molecule has 0 saturated heterocycles. The fourth-order valence-electron chi connectivity index (χ4n) is 1.97. The summed E-state index contributed by atoms with van der Waals surface area (Å²) in [5, 5.41) is 7.35. The topological polar surface area (TPSA) is 70.2 Å². The summed E-state index contributed by atoms with van der Waals surface area (Å²) < 4.78 is 37.8. The Balaban J connectivity index is 1.78. The van der Waals surface area contributed by atoms with E-state index >= 15 is 0 Å². The predicted molar refractivity (Wildman–Crippen MR) is 93.6 cm³/mol. The van der Waals surface area contributed by atoms with Crippen LogP contribution in [0.25, 0.3) is 0 Å². The van der Waals surface area contributed by atoms with Gasteiger partial charge in [-0.2, -0.15) is 8.78 Å². The van der Waals surface area contributed by atoms with Crippen molar-refractivity contribution in [1.29, 1.82) is 0 Å². The maximum absolute atomic E-state index is 12.8. The smallest absolute Gasteiger partial charge is 0.315 e. The van der Waals surface area contributed by atoms with E-state index in [1.807, 2.05) is 0 Å². The molecular weight excluding hydrogens is 367 g/mol. The largest absolute Gasteiger partial charge is 0.334 e. The molecule has 0 saturated carbocycles. The number of urea groups is 1. The molecule has 0 aliphatic carbocycles. The van der Waals surface area contributed by atoms with Gasteiger partial charge in [0.1, 0.15) is 5.82 Å². The molecule has 138 valence electrons. The van der Waals surface area contributed by atoms with Gasteiger partial charge < -0.3 is 16.0 Å². The highest BCUT2D eigenvalue weighted by Gasteiger charge is 2.12. The second-order valence-corrected chi connectivity index (χ2v) is 6.12. The van der Waals surface area contributed by atoms with Crippen LogP contribution in [0.1, 0.15) is 5.56 Å². The minimum atomic E-state index is -2.61. The Morgan fingerprint density at radius 3 is 2.38 bits per heavy atom. The molecular formula is C17H16F3N3O2S. The molecule has 3 amide bonds. The summed E-state index contributed by atoms with van der Waals surface area (Å²) in [7, 11) is 0. The van der Waals surface area contributed by atoms with Gasteiger partial charge >= 0.3 is 6.03 Å². The van der Waals surface area contributed by atoms with Crippen LogP contribution in [-0.4, -0.2) is 24.2 Å². The standard InChI is InChI=1S/C17H16F3N3O2S/c18-12-7-5-11(6-8-12)9-21-17(25)22-10-15(24)23-13-3-1-2-4-14(13)26-16(19)20/h1-8,16H,9-10H2,(H,23,24)(H2,21,22,25). The molecule has 0 aliphatic rings. The second kappa shape index (κ2) is 9.71. The summed E-state index contributed by atoms with van der Waals surface area (Å²) in [6.45, 7) is -0.162. The van der Waals surface area contributed by atoms with E-state index in [9.17, 15) is 22.8 Å². The highest BCUT2D eigenvalue weighted by Crippen LogP contribution is 2.31. The average molecular weight is 383 g/mol. The van der Waals surface area contributed by atoms with Crippen molar-refractivity contribution in [2.24, 2.45) is 0 Å². The van der Waals surface area contributed by atoms with Crippen LogP contribution < -0.4 is 16.0 Å². The van der Waals surface area contributed by atoms with E-state index in [4.69, 9.17) is 0 Å². The third-order valence-electron chi connectivity index (χ3n) is 3.15. The van der Waals surface area contributed by atoms with E-state index in [0.717, 1.165) is 0 Å². The quantitative estimate of drug-likeness (QED) is 0.640. The lowest BCUT2D eigenvalue weighted by Crippen LogP contribution is -2.39. The van der Waals surface area contributed by atoms with Gasteiger partial charge in [-0.05, 0) is 29.8 Å². The Kier molecular flexibility index (Phi) is 7.34. The highest BCUT2D eigenvalue weighted by molar-refractivity contribution is 7.99. The molecule has 0 atom stereocenters. The fourth-order valence-corrected chi connectivity index (χ4v) is 2.57. The molecule has 0 aliphatic heterocycles. The SMILES string of the molecule is O=C(CNC(=O)NCc1ccc(F)cc1)Nc1ccccc1SC(F)F. The Bertz CT molecular complexity index is 757. The normalized spacial score (nSPS) is 10.5. The molecule has 0 spiro atoms. The molecule has 2 rings (SSSR count). The van der Waals surface area contributed by atoms with Crippen LogP contribution in [0.4, 0.5) is 23.7 Å². The first-order valence-electron chi connectivity index (χ1n) is 7.54. The monoisotopic (exact) mass is 383 g/mol. The highest BCUT2D eigenvalue weighted by atomic mass is 32.2. The maximum atomic E-state index is 12.8. The second-order valence-electron chi connectivity index (χ2n) is 5.09. The van der Waals surface area contributed by atoms with Gasteiger partial charge in [-0.15, -0.1) is 0 Å². The van der Waals surface area contributed by atoms with Gasteiger partial charge in [-0.1, -0.05) is 36.0 Å². The van der Waals surface area contributed by atoms with Gasteiger partial charge in [0.05, 0.1) is 12.2 Å². The molecule has 0 unspecified atom stereocenters. The summed E-state index contributed by atoms with van der Waals surface area (Å²) in [5.74, 6) is -3.53. The molecule has 2 aromatic rings. The Morgan fingerprint density at radius 1 is 1.00 bits per heavy atom. The van der Waals surface area contributed by atoms with Crippen molar-refractivity contribution in [3.05, 3.63) is 59.9 Å². The summed E-state index contributed by atoms with van der Waals surface area (Å²) in [6, 6.07) is 11.2. The molecule has 9 heteroatoms. The van der Waals surface area contributed by atoms with Crippen LogP contribution in [-0.2, 0) is 11.3 Å². The van der Waals surface area contributed by atoms with E-state index in [2.05, 4.69) is 16.0 Å². The minimum absolute atomic E-state index is 0.168. The number of halogens is 3. The van der Waals surface area contributed by atoms with Gasteiger partial charge in [-0.25, -0.2) is 9.18 Å². The van der Waals surface area contributed by atoms with Crippen molar-refractivity contribution < 1.29 is 22.8 Å². The lowest BCUT2D eigenvalue weighted by atomic mass is 10.2. The number of anilines is 1. The Labute approximate surface area is 152 Å². The predicted octanol–water partition coefficient (Wildman–Crippen LogP) is 3.58. The van der Waals surface area contributed by atoms with E-state index in [-0.39, 0.29) is 29.5 Å². The first-order chi connectivity index (χ1) is 12.4. The molecule has 26 heavy (non-hydrogen) atoms. The number of hydrogen-bond donors (Lipinski definition) is 3. The molecule has 2 aromatic carbocycles. The average Bonchev–Trinajstić information content (AvgIpc) is 2.61. The zero-order valence-electron chi connectivity index (χ0n) is 13.5. The van der Waals surface area contributed by atoms with Gasteiger partial charge in [-0.3, -0.25) is 4.79 Å². The van der Waals surface area contributed by atoms with Gasteiger partial charge in [0.2, 0.25) is 5.91 Å². The maximum Gasteiger partial charge on any atom is 0.315 e. The number of thioether (sulfide) groups is 1. The first-order valence-corrected chi connectivity index (χ1v) is 8.42. The number of nitrogens with one attached hydrogen (secondary N) is 3. The summed E-state index contributed by atoms with van der Waals surface area (Å²) in [4.78, 5) is 23.8. The van der Waals surface area contributed by atoms with E-state index in [0.29, 0.717) is 17.3 Å². The van der Waals surface area contributed by atoms with Gasteiger partial charge in [0.25, 0.3) is 5.76 Å². The van der Waals surface area contributed by atoms with Crippen LogP contribution in [0.5, 0.6) is 0 Å². The van der Waals surface area contributed by atoms with Crippen LogP contribution >= 0.6 is 11.8 Å². The summed E-state index contributed by atoms with van der Waals surface area (Å²) in [6.07, 6.45) is 0. The third-order valence-corrected chi connectivity index (χ3v) is 3.94. The molecule has 0 bridgehead atoms. The number of alkyl halides is 2.